The second kappa shape index (κ2) is 6.08. The van der Waals surface area contributed by atoms with Crippen LogP contribution in [-0.2, 0) is 21.3 Å². The number of nitrogens with zero attached hydrogens (tertiary/aromatic N) is 1. The molecule has 0 amide bonds. The summed E-state index contributed by atoms with van der Waals surface area (Å²) in [6.07, 6.45) is -0.139. The lowest BCUT2D eigenvalue weighted by Gasteiger charge is -2.40. The Morgan fingerprint density at radius 2 is 2.14 bits per heavy atom. The van der Waals surface area contributed by atoms with Crippen LogP contribution in [0.25, 0.3) is 0 Å². The first kappa shape index (κ1) is 16.5. The van der Waals surface area contributed by atoms with E-state index in [0.29, 0.717) is 25.4 Å². The van der Waals surface area contributed by atoms with Crippen molar-refractivity contribution in [1.82, 2.24) is 9.62 Å². The van der Waals surface area contributed by atoms with Crippen molar-refractivity contribution in [2.24, 2.45) is 0 Å². The van der Waals surface area contributed by atoms with Crippen molar-refractivity contribution in [2.75, 3.05) is 19.6 Å². The molecular formula is C14H24N2O4S. The summed E-state index contributed by atoms with van der Waals surface area (Å²) in [5.41, 5.74) is -0.496. The summed E-state index contributed by atoms with van der Waals surface area (Å²) in [4.78, 5) is 0. The van der Waals surface area contributed by atoms with Crippen LogP contribution in [0.5, 0.6) is 0 Å². The van der Waals surface area contributed by atoms with Gasteiger partial charge >= 0.3 is 0 Å². The van der Waals surface area contributed by atoms with E-state index in [-0.39, 0.29) is 11.2 Å². The zero-order chi connectivity index (χ0) is 15.7. The highest BCUT2D eigenvalue weighted by atomic mass is 32.2. The number of nitrogens with one attached hydrogen (secondary N) is 1. The Labute approximate surface area is 126 Å². The number of ether oxygens (including phenoxy) is 1. The van der Waals surface area contributed by atoms with E-state index < -0.39 is 15.6 Å². The lowest BCUT2D eigenvalue weighted by Crippen LogP contribution is -2.53. The van der Waals surface area contributed by atoms with Crippen LogP contribution in [0.15, 0.2) is 21.6 Å². The standard InChI is InChI=1S/C14H24N2O4S/c1-5-15-8-12-6-7-13(19-12)21(17,18)16-9-11(2)20-14(3,4)10-16/h6-7,11,15H,5,8-10H2,1-4H3. The second-order valence-electron chi connectivity index (χ2n) is 5.99. The van der Waals surface area contributed by atoms with Gasteiger partial charge in [0.25, 0.3) is 10.0 Å². The van der Waals surface area contributed by atoms with Gasteiger partial charge in [0.15, 0.2) is 0 Å². The Kier molecular flexibility index (Phi) is 4.77. The molecule has 1 fully saturated rings. The maximum absolute atomic E-state index is 12.7. The Hall–Kier alpha value is -0.890. The number of hydrogen-bond donors (Lipinski definition) is 1. The largest absolute Gasteiger partial charge is 0.447 e. The minimum atomic E-state index is -3.61. The highest BCUT2D eigenvalue weighted by Gasteiger charge is 2.39. The SMILES string of the molecule is CCNCc1ccc(S(=O)(=O)N2CC(C)OC(C)(C)C2)o1. The molecule has 0 aliphatic carbocycles. The van der Waals surface area contributed by atoms with Crippen LogP contribution >= 0.6 is 0 Å². The molecule has 0 saturated carbocycles. The molecule has 0 spiro atoms. The minimum Gasteiger partial charge on any atom is -0.447 e. The van der Waals surface area contributed by atoms with Crippen molar-refractivity contribution in [3.8, 4) is 0 Å². The predicted molar refractivity (Wildman–Crippen MR) is 79.5 cm³/mol. The molecule has 1 aromatic rings. The minimum absolute atomic E-state index is 0.000281. The van der Waals surface area contributed by atoms with Crippen LogP contribution in [-0.4, -0.2) is 44.1 Å². The van der Waals surface area contributed by atoms with Gasteiger partial charge in [-0.05, 0) is 39.4 Å². The molecule has 1 aromatic heterocycles. The van der Waals surface area contributed by atoms with E-state index in [0.717, 1.165) is 6.54 Å². The van der Waals surface area contributed by atoms with Crippen LogP contribution in [0.4, 0.5) is 0 Å². The van der Waals surface area contributed by atoms with E-state index in [1.54, 1.807) is 6.07 Å². The van der Waals surface area contributed by atoms with Crippen LogP contribution < -0.4 is 5.32 Å². The zero-order valence-corrected chi connectivity index (χ0v) is 13.9. The number of furan rings is 1. The predicted octanol–water partition coefficient (Wildman–Crippen LogP) is 1.58. The van der Waals surface area contributed by atoms with E-state index >= 15 is 0 Å². The number of morpholine rings is 1. The molecule has 0 bridgehead atoms. The van der Waals surface area contributed by atoms with Crippen molar-refractivity contribution in [1.29, 1.82) is 0 Å². The fourth-order valence-corrected chi connectivity index (χ4v) is 4.14. The van der Waals surface area contributed by atoms with E-state index in [1.807, 2.05) is 27.7 Å². The van der Waals surface area contributed by atoms with Crippen LogP contribution in [0.3, 0.4) is 0 Å². The Morgan fingerprint density at radius 3 is 2.76 bits per heavy atom. The molecule has 1 N–H and O–H groups in total. The second-order valence-corrected chi connectivity index (χ2v) is 7.86. The fourth-order valence-electron chi connectivity index (χ4n) is 2.55. The van der Waals surface area contributed by atoms with Gasteiger partial charge in [-0.2, -0.15) is 4.31 Å². The first-order valence-corrected chi connectivity index (χ1v) is 8.66. The average Bonchev–Trinajstić information content (AvgIpc) is 2.83. The van der Waals surface area contributed by atoms with Crippen molar-refractivity contribution < 1.29 is 17.6 Å². The van der Waals surface area contributed by atoms with E-state index in [2.05, 4.69) is 5.32 Å². The summed E-state index contributed by atoms with van der Waals surface area (Å²) in [6, 6.07) is 3.22. The molecule has 1 aliphatic rings. The van der Waals surface area contributed by atoms with Crippen LogP contribution in [0, 0.1) is 0 Å². The third-order valence-corrected chi connectivity index (χ3v) is 5.00. The van der Waals surface area contributed by atoms with E-state index in [4.69, 9.17) is 9.15 Å². The lowest BCUT2D eigenvalue weighted by molar-refractivity contribution is -0.109. The van der Waals surface area contributed by atoms with Gasteiger partial charge in [-0.3, -0.25) is 0 Å². The molecule has 1 unspecified atom stereocenters. The third-order valence-electron chi connectivity index (χ3n) is 3.32. The molecule has 7 heteroatoms. The third kappa shape index (κ3) is 3.85. The summed E-state index contributed by atoms with van der Waals surface area (Å²) in [7, 11) is -3.61. The van der Waals surface area contributed by atoms with Crippen LogP contribution in [0.1, 0.15) is 33.5 Å². The zero-order valence-electron chi connectivity index (χ0n) is 13.0. The molecule has 2 rings (SSSR count). The van der Waals surface area contributed by atoms with Gasteiger partial charge in [0.1, 0.15) is 5.76 Å². The van der Waals surface area contributed by atoms with Crippen molar-refractivity contribution in [3.05, 3.63) is 17.9 Å². The highest BCUT2D eigenvalue weighted by molar-refractivity contribution is 7.89. The Balaban J connectivity index is 2.19. The molecular weight excluding hydrogens is 292 g/mol. The van der Waals surface area contributed by atoms with Crippen molar-refractivity contribution in [2.45, 2.75) is 51.0 Å². The van der Waals surface area contributed by atoms with Gasteiger partial charge in [-0.25, -0.2) is 8.42 Å². The summed E-state index contributed by atoms with van der Waals surface area (Å²) in [5, 5.41) is 3.11. The Bertz CT molecular complexity index is 580. The molecule has 21 heavy (non-hydrogen) atoms. The molecule has 6 nitrogen and oxygen atoms in total. The molecule has 2 heterocycles. The lowest BCUT2D eigenvalue weighted by atomic mass is 10.1. The first-order chi connectivity index (χ1) is 9.74. The van der Waals surface area contributed by atoms with E-state index in [1.165, 1.54) is 10.4 Å². The monoisotopic (exact) mass is 316 g/mol. The van der Waals surface area contributed by atoms with Gasteiger partial charge in [-0.1, -0.05) is 6.92 Å². The van der Waals surface area contributed by atoms with Gasteiger partial charge in [0.2, 0.25) is 5.09 Å². The van der Waals surface area contributed by atoms with Crippen molar-refractivity contribution >= 4 is 10.0 Å². The highest BCUT2D eigenvalue weighted by Crippen LogP contribution is 2.27. The number of rotatable bonds is 5. The molecule has 1 atom stereocenters. The van der Waals surface area contributed by atoms with Crippen LogP contribution in [0.2, 0.25) is 0 Å². The van der Waals surface area contributed by atoms with Gasteiger partial charge in [0, 0.05) is 13.1 Å². The number of hydrogen-bond acceptors (Lipinski definition) is 5. The molecule has 0 radical (unpaired) electrons. The molecule has 1 saturated heterocycles. The summed E-state index contributed by atoms with van der Waals surface area (Å²) in [5.74, 6) is 0.621. The van der Waals surface area contributed by atoms with Crippen molar-refractivity contribution in [3.63, 3.8) is 0 Å². The topological polar surface area (TPSA) is 71.8 Å². The maximum Gasteiger partial charge on any atom is 0.276 e. The number of sulfonamides is 1. The summed E-state index contributed by atoms with van der Waals surface area (Å²) < 4.78 is 38.0. The molecule has 120 valence electrons. The van der Waals surface area contributed by atoms with Gasteiger partial charge < -0.3 is 14.5 Å². The van der Waals surface area contributed by atoms with Gasteiger partial charge in [-0.15, -0.1) is 0 Å². The molecule has 1 aliphatic heterocycles. The fraction of sp³-hybridized carbons (Fsp3) is 0.714. The van der Waals surface area contributed by atoms with Gasteiger partial charge in [0.05, 0.1) is 18.2 Å². The smallest absolute Gasteiger partial charge is 0.276 e. The normalized spacial score (nSPS) is 23.3. The Morgan fingerprint density at radius 1 is 1.43 bits per heavy atom. The van der Waals surface area contributed by atoms with E-state index in [9.17, 15) is 8.42 Å². The molecule has 0 aromatic carbocycles. The summed E-state index contributed by atoms with van der Waals surface area (Å²) in [6.45, 7) is 9.64. The summed E-state index contributed by atoms with van der Waals surface area (Å²) >= 11 is 0. The quantitative estimate of drug-likeness (QED) is 0.893. The maximum atomic E-state index is 12.7. The first-order valence-electron chi connectivity index (χ1n) is 7.22. The average molecular weight is 316 g/mol.